The molecule has 1 unspecified atom stereocenters. The maximum Gasteiger partial charge on any atom is 0.254 e. The van der Waals surface area contributed by atoms with Gasteiger partial charge in [0.05, 0.1) is 16.1 Å². The Labute approximate surface area is 140 Å². The summed E-state index contributed by atoms with van der Waals surface area (Å²) in [5.41, 5.74) is 1.03. The van der Waals surface area contributed by atoms with Gasteiger partial charge in [0.2, 0.25) is 0 Å². The van der Waals surface area contributed by atoms with Crippen LogP contribution < -0.4 is 5.32 Å². The van der Waals surface area contributed by atoms with Crippen molar-refractivity contribution in [3.8, 4) is 0 Å². The number of hydrogen-bond donors (Lipinski definition) is 1. The summed E-state index contributed by atoms with van der Waals surface area (Å²) in [7, 11) is 0. The van der Waals surface area contributed by atoms with Crippen LogP contribution in [0.25, 0.3) is 0 Å². The maximum atomic E-state index is 13.9. The topological polar surface area (TPSA) is 29.1 Å². The fraction of sp³-hybridized carbons (Fsp3) is 0.188. The molecule has 2 aromatic rings. The number of amides is 1. The Kier molecular flexibility index (Phi) is 5.53. The van der Waals surface area contributed by atoms with Gasteiger partial charge >= 0.3 is 0 Å². The number of carbonyl (C=O) groups excluding carboxylic acids is 1. The molecule has 0 saturated heterocycles. The molecule has 0 aliphatic carbocycles. The third-order valence-corrected chi connectivity index (χ3v) is 4.32. The summed E-state index contributed by atoms with van der Waals surface area (Å²) < 4.78 is 15.2. The van der Waals surface area contributed by atoms with Gasteiger partial charge in [0.15, 0.2) is 0 Å². The van der Waals surface area contributed by atoms with Crippen LogP contribution in [0, 0.1) is 5.82 Å². The van der Waals surface area contributed by atoms with Crippen molar-refractivity contribution in [2.24, 2.45) is 0 Å². The zero-order valence-corrected chi connectivity index (χ0v) is 14.5. The second-order valence-corrected chi connectivity index (χ2v) is 6.36. The van der Waals surface area contributed by atoms with Crippen molar-refractivity contribution in [1.29, 1.82) is 0 Å². The summed E-state index contributed by atoms with van der Waals surface area (Å²) in [5, 5.41) is 2.87. The quantitative estimate of drug-likeness (QED) is 0.728. The van der Waals surface area contributed by atoms with Crippen LogP contribution in [0.1, 0.15) is 35.3 Å². The number of rotatable bonds is 4. The highest BCUT2D eigenvalue weighted by molar-refractivity contribution is 9.10. The molecule has 0 radical (unpaired) electrons. The van der Waals surface area contributed by atoms with Gasteiger partial charge in [-0.25, -0.2) is 4.39 Å². The second kappa shape index (κ2) is 7.18. The Morgan fingerprint density at radius 2 is 1.86 bits per heavy atom. The van der Waals surface area contributed by atoms with Gasteiger partial charge in [-0.3, -0.25) is 4.79 Å². The lowest BCUT2D eigenvalue weighted by Gasteiger charge is -2.18. The van der Waals surface area contributed by atoms with E-state index >= 15 is 0 Å². The molecule has 0 aliphatic rings. The number of hydrogen-bond acceptors (Lipinski definition) is 1. The standard InChI is InChI=1S/C16H14Br2FNO/c1-2-14(10-6-8-11(17)9-7-10)20-16(21)12-4-3-5-13(18)15(12)19/h3-9,14H,2H2,1H3,(H,20,21). The predicted molar refractivity (Wildman–Crippen MR) is 88.7 cm³/mol. The first-order valence-corrected chi connectivity index (χ1v) is 8.12. The summed E-state index contributed by atoms with van der Waals surface area (Å²) in [6, 6.07) is 12.3. The highest BCUT2D eigenvalue weighted by atomic mass is 79.9. The number of nitrogens with one attached hydrogen (secondary N) is 1. The molecule has 2 aromatic carbocycles. The van der Waals surface area contributed by atoms with Gasteiger partial charge in [0.1, 0.15) is 5.82 Å². The Morgan fingerprint density at radius 1 is 1.19 bits per heavy atom. The normalized spacial score (nSPS) is 12.0. The zero-order chi connectivity index (χ0) is 15.4. The van der Waals surface area contributed by atoms with Crippen LogP contribution in [0.5, 0.6) is 0 Å². The largest absolute Gasteiger partial charge is 0.345 e. The van der Waals surface area contributed by atoms with E-state index in [9.17, 15) is 9.18 Å². The Balaban J connectivity index is 2.20. The maximum absolute atomic E-state index is 13.9. The molecular weight excluding hydrogens is 401 g/mol. The molecule has 21 heavy (non-hydrogen) atoms. The average molecular weight is 415 g/mol. The minimum atomic E-state index is -0.541. The van der Waals surface area contributed by atoms with E-state index in [0.29, 0.717) is 0 Å². The predicted octanol–water partition coefficient (Wildman–Crippen LogP) is 5.23. The van der Waals surface area contributed by atoms with Crippen molar-refractivity contribution >= 4 is 37.8 Å². The van der Waals surface area contributed by atoms with Gasteiger partial charge in [-0.05, 0) is 52.2 Å². The second-order valence-electron chi connectivity index (χ2n) is 4.59. The molecule has 2 nitrogen and oxygen atoms in total. The first kappa shape index (κ1) is 16.2. The molecule has 110 valence electrons. The lowest BCUT2D eigenvalue weighted by molar-refractivity contribution is 0.0931. The van der Waals surface area contributed by atoms with Crippen LogP contribution in [0.4, 0.5) is 4.39 Å². The summed E-state index contributed by atoms with van der Waals surface area (Å²) in [5.74, 6) is -0.954. The van der Waals surface area contributed by atoms with E-state index in [1.54, 1.807) is 12.1 Å². The SMILES string of the molecule is CCC(NC(=O)c1cccc(Br)c1F)c1ccc(Br)cc1. The fourth-order valence-corrected chi connectivity index (χ4v) is 2.66. The number of carbonyl (C=O) groups is 1. The summed E-state index contributed by atoms with van der Waals surface area (Å²) in [6.07, 6.45) is 0.725. The lowest BCUT2D eigenvalue weighted by Crippen LogP contribution is -2.28. The minimum absolute atomic E-state index is 0.0416. The van der Waals surface area contributed by atoms with Crippen LogP contribution in [0.2, 0.25) is 0 Å². The van der Waals surface area contributed by atoms with Crippen molar-refractivity contribution < 1.29 is 9.18 Å². The number of benzene rings is 2. The molecule has 0 saturated carbocycles. The van der Waals surface area contributed by atoms with E-state index < -0.39 is 11.7 Å². The zero-order valence-electron chi connectivity index (χ0n) is 11.4. The van der Waals surface area contributed by atoms with Crippen molar-refractivity contribution in [2.45, 2.75) is 19.4 Å². The van der Waals surface area contributed by atoms with E-state index in [0.717, 1.165) is 16.5 Å². The van der Waals surface area contributed by atoms with Crippen molar-refractivity contribution in [3.63, 3.8) is 0 Å². The molecule has 0 spiro atoms. The molecule has 1 N–H and O–H groups in total. The summed E-state index contributed by atoms with van der Waals surface area (Å²) >= 11 is 6.47. The molecule has 1 atom stereocenters. The van der Waals surface area contributed by atoms with Crippen LogP contribution in [0.3, 0.4) is 0 Å². The van der Waals surface area contributed by atoms with E-state index in [1.807, 2.05) is 31.2 Å². The highest BCUT2D eigenvalue weighted by Crippen LogP contribution is 2.22. The van der Waals surface area contributed by atoms with Crippen molar-refractivity contribution in [1.82, 2.24) is 5.32 Å². The van der Waals surface area contributed by atoms with E-state index in [4.69, 9.17) is 0 Å². The van der Waals surface area contributed by atoms with Crippen LogP contribution in [-0.4, -0.2) is 5.91 Å². The van der Waals surface area contributed by atoms with Crippen LogP contribution in [-0.2, 0) is 0 Å². The van der Waals surface area contributed by atoms with Gasteiger partial charge in [0, 0.05) is 4.47 Å². The number of halogens is 3. The molecule has 1 amide bonds. The van der Waals surface area contributed by atoms with Crippen molar-refractivity contribution in [3.05, 3.63) is 68.4 Å². The van der Waals surface area contributed by atoms with Crippen molar-refractivity contribution in [2.75, 3.05) is 0 Å². The molecule has 0 fully saturated rings. The molecular formula is C16H14Br2FNO. The molecule has 2 rings (SSSR count). The minimum Gasteiger partial charge on any atom is -0.345 e. The van der Waals surface area contributed by atoms with Crippen LogP contribution in [0.15, 0.2) is 51.4 Å². The third kappa shape index (κ3) is 3.92. The van der Waals surface area contributed by atoms with Gasteiger partial charge in [-0.15, -0.1) is 0 Å². The van der Waals surface area contributed by atoms with E-state index in [2.05, 4.69) is 37.2 Å². The monoisotopic (exact) mass is 413 g/mol. The molecule has 0 heterocycles. The van der Waals surface area contributed by atoms with Gasteiger partial charge in [0.25, 0.3) is 5.91 Å². The highest BCUT2D eigenvalue weighted by Gasteiger charge is 2.18. The molecule has 0 aliphatic heterocycles. The van der Waals surface area contributed by atoms with Gasteiger partial charge < -0.3 is 5.32 Å². The van der Waals surface area contributed by atoms with E-state index in [-0.39, 0.29) is 16.1 Å². The Bertz CT molecular complexity index is 643. The first-order chi connectivity index (χ1) is 10.0. The molecule has 0 aromatic heterocycles. The van der Waals surface area contributed by atoms with E-state index in [1.165, 1.54) is 6.07 Å². The smallest absolute Gasteiger partial charge is 0.254 e. The van der Waals surface area contributed by atoms with Crippen LogP contribution >= 0.6 is 31.9 Å². The molecule has 5 heteroatoms. The van der Waals surface area contributed by atoms with Gasteiger partial charge in [-0.2, -0.15) is 0 Å². The first-order valence-electron chi connectivity index (χ1n) is 6.53. The lowest BCUT2D eigenvalue weighted by atomic mass is 10.0. The molecule has 0 bridgehead atoms. The Hall–Kier alpha value is -1.20. The third-order valence-electron chi connectivity index (χ3n) is 3.18. The average Bonchev–Trinajstić information content (AvgIpc) is 2.48. The summed E-state index contributed by atoms with van der Waals surface area (Å²) in [4.78, 5) is 12.2. The fourth-order valence-electron chi connectivity index (χ4n) is 2.03. The van der Waals surface area contributed by atoms with Gasteiger partial charge in [-0.1, -0.05) is 41.1 Å². The Morgan fingerprint density at radius 3 is 2.48 bits per heavy atom. The summed E-state index contributed by atoms with van der Waals surface area (Å²) in [6.45, 7) is 1.98.